The van der Waals surface area contributed by atoms with E-state index in [2.05, 4.69) is 5.32 Å². The zero-order chi connectivity index (χ0) is 13.4. The molecule has 1 aliphatic rings. The van der Waals surface area contributed by atoms with Crippen LogP contribution in [-0.4, -0.2) is 16.8 Å². The first-order valence-electron chi connectivity index (χ1n) is 5.76. The zero-order valence-corrected chi connectivity index (χ0v) is 11.5. The topological polar surface area (TPSA) is 29.1 Å². The maximum Gasteiger partial charge on any atom is 0.229 e. The molecule has 0 spiro atoms. The van der Waals surface area contributed by atoms with Gasteiger partial charge >= 0.3 is 0 Å². The van der Waals surface area contributed by atoms with Gasteiger partial charge in [-0.15, -0.1) is 23.2 Å². The van der Waals surface area contributed by atoms with Gasteiger partial charge in [-0.2, -0.15) is 0 Å². The minimum atomic E-state index is -0.938. The summed E-state index contributed by atoms with van der Waals surface area (Å²) in [5.74, 6) is -0.392. The third kappa shape index (κ3) is 2.62. The van der Waals surface area contributed by atoms with Crippen LogP contribution < -0.4 is 5.32 Å². The van der Waals surface area contributed by atoms with Gasteiger partial charge in [0.15, 0.2) is 0 Å². The van der Waals surface area contributed by atoms with E-state index in [1.54, 1.807) is 19.1 Å². The van der Waals surface area contributed by atoms with Crippen molar-refractivity contribution in [1.82, 2.24) is 5.32 Å². The second-order valence-corrected chi connectivity index (χ2v) is 6.33. The second-order valence-electron chi connectivity index (χ2n) is 4.85. The average Bonchev–Trinajstić information content (AvgIpc) is 2.82. The zero-order valence-electron chi connectivity index (χ0n) is 9.97. The van der Waals surface area contributed by atoms with Crippen molar-refractivity contribution in [2.24, 2.45) is 5.41 Å². The lowest BCUT2D eigenvalue weighted by molar-refractivity contribution is -0.125. The Labute approximate surface area is 115 Å². The number of alkyl halides is 2. The molecule has 1 N–H and O–H groups in total. The number of halogens is 3. The number of hydrogen-bond acceptors (Lipinski definition) is 1. The van der Waals surface area contributed by atoms with Crippen molar-refractivity contribution in [3.63, 3.8) is 0 Å². The van der Waals surface area contributed by atoms with Gasteiger partial charge in [0.25, 0.3) is 0 Å². The number of carbonyl (C=O) groups excluding carboxylic acids is 1. The molecule has 2 nitrogen and oxygen atoms in total. The van der Waals surface area contributed by atoms with Gasteiger partial charge in [-0.3, -0.25) is 4.79 Å². The molecule has 1 amide bonds. The van der Waals surface area contributed by atoms with Gasteiger partial charge in [-0.05, 0) is 37.5 Å². The van der Waals surface area contributed by atoms with Gasteiger partial charge in [0.05, 0.1) is 5.41 Å². The molecule has 1 atom stereocenters. The van der Waals surface area contributed by atoms with Crippen molar-refractivity contribution in [3.8, 4) is 0 Å². The number of hydrogen-bond donors (Lipinski definition) is 1. The van der Waals surface area contributed by atoms with Crippen molar-refractivity contribution < 1.29 is 9.18 Å². The molecule has 0 heterocycles. The molecule has 0 radical (unpaired) electrons. The number of nitrogens with one attached hydrogen (secondary N) is 1. The van der Waals surface area contributed by atoms with E-state index in [9.17, 15) is 9.18 Å². The summed E-state index contributed by atoms with van der Waals surface area (Å²) in [6.07, 6.45) is 1.13. The van der Waals surface area contributed by atoms with Crippen molar-refractivity contribution in [3.05, 3.63) is 35.6 Å². The summed E-state index contributed by atoms with van der Waals surface area (Å²) in [5.41, 5.74) is 0.291. The highest BCUT2D eigenvalue weighted by atomic mass is 35.5. The predicted molar refractivity (Wildman–Crippen MR) is 70.3 cm³/mol. The molecule has 98 valence electrons. The van der Waals surface area contributed by atoms with E-state index in [4.69, 9.17) is 23.2 Å². The van der Waals surface area contributed by atoms with Crippen LogP contribution in [0.4, 0.5) is 4.39 Å². The van der Waals surface area contributed by atoms with E-state index in [1.165, 1.54) is 12.1 Å². The van der Waals surface area contributed by atoms with Crippen LogP contribution in [0.3, 0.4) is 0 Å². The Bertz CT molecular complexity index is 461. The molecular formula is C13H14Cl2FNO. The van der Waals surface area contributed by atoms with Crippen LogP contribution in [0.5, 0.6) is 0 Å². The molecule has 1 fully saturated rings. The van der Waals surface area contributed by atoms with Crippen LogP contribution in [0.2, 0.25) is 0 Å². The quantitative estimate of drug-likeness (QED) is 0.848. The minimum absolute atomic E-state index is 0.130. The highest BCUT2D eigenvalue weighted by molar-refractivity contribution is 6.53. The van der Waals surface area contributed by atoms with Crippen LogP contribution in [0.15, 0.2) is 24.3 Å². The SMILES string of the molecule is C[C@@]1(C(=O)NCCc2ccc(F)cc2)CC1(Cl)Cl. The van der Waals surface area contributed by atoms with E-state index in [-0.39, 0.29) is 11.7 Å². The lowest BCUT2D eigenvalue weighted by atomic mass is 10.1. The van der Waals surface area contributed by atoms with Gasteiger partial charge in [-0.25, -0.2) is 4.39 Å². The molecule has 1 aliphatic carbocycles. The van der Waals surface area contributed by atoms with Crippen LogP contribution in [0, 0.1) is 11.2 Å². The fourth-order valence-electron chi connectivity index (χ4n) is 1.81. The monoisotopic (exact) mass is 289 g/mol. The Morgan fingerprint density at radius 3 is 2.44 bits per heavy atom. The number of amides is 1. The Balaban J connectivity index is 1.80. The van der Waals surface area contributed by atoms with Crippen LogP contribution >= 0.6 is 23.2 Å². The normalized spacial score (nSPS) is 24.7. The molecule has 0 unspecified atom stereocenters. The van der Waals surface area contributed by atoms with Gasteiger partial charge in [-0.1, -0.05) is 12.1 Å². The molecule has 2 rings (SSSR count). The molecule has 0 bridgehead atoms. The number of carbonyl (C=O) groups is 1. The lowest BCUT2D eigenvalue weighted by Crippen LogP contribution is -2.34. The molecule has 1 saturated carbocycles. The van der Waals surface area contributed by atoms with E-state index in [0.29, 0.717) is 19.4 Å². The fourth-order valence-corrected chi connectivity index (χ4v) is 2.52. The average molecular weight is 290 g/mol. The van der Waals surface area contributed by atoms with Crippen molar-refractivity contribution in [1.29, 1.82) is 0 Å². The summed E-state index contributed by atoms with van der Waals surface area (Å²) in [6, 6.07) is 6.21. The van der Waals surface area contributed by atoms with E-state index in [0.717, 1.165) is 5.56 Å². The molecule has 0 saturated heterocycles. The summed E-state index contributed by atoms with van der Waals surface area (Å²) in [6.45, 7) is 2.24. The second kappa shape index (κ2) is 4.71. The molecular weight excluding hydrogens is 276 g/mol. The van der Waals surface area contributed by atoms with E-state index >= 15 is 0 Å². The lowest BCUT2D eigenvalue weighted by Gasteiger charge is -2.12. The van der Waals surface area contributed by atoms with Crippen molar-refractivity contribution >= 4 is 29.1 Å². The summed E-state index contributed by atoms with van der Waals surface area (Å²) in [5, 5.41) is 2.80. The molecule has 0 aromatic heterocycles. The smallest absolute Gasteiger partial charge is 0.229 e. The molecule has 1 aromatic rings. The van der Waals surface area contributed by atoms with Crippen molar-refractivity contribution in [2.45, 2.75) is 24.1 Å². The molecule has 0 aliphatic heterocycles. The van der Waals surface area contributed by atoms with Gasteiger partial charge in [0.1, 0.15) is 10.2 Å². The first-order chi connectivity index (χ1) is 8.35. The van der Waals surface area contributed by atoms with E-state index < -0.39 is 9.75 Å². The third-order valence-corrected chi connectivity index (χ3v) is 4.47. The Hall–Kier alpha value is -0.800. The molecule has 5 heteroatoms. The van der Waals surface area contributed by atoms with Crippen LogP contribution in [0.1, 0.15) is 18.9 Å². The summed E-state index contributed by atoms with van der Waals surface area (Å²) < 4.78 is 11.8. The maximum absolute atomic E-state index is 12.7. The Morgan fingerprint density at radius 1 is 1.39 bits per heavy atom. The Morgan fingerprint density at radius 2 is 1.94 bits per heavy atom. The summed E-state index contributed by atoms with van der Waals surface area (Å²) >= 11 is 11.8. The maximum atomic E-state index is 12.7. The third-order valence-electron chi connectivity index (χ3n) is 3.37. The number of benzene rings is 1. The van der Waals surface area contributed by atoms with E-state index in [1.807, 2.05) is 0 Å². The highest BCUT2D eigenvalue weighted by Gasteiger charge is 2.67. The largest absolute Gasteiger partial charge is 0.355 e. The first-order valence-corrected chi connectivity index (χ1v) is 6.51. The van der Waals surface area contributed by atoms with Gasteiger partial charge in [0, 0.05) is 6.54 Å². The standard InChI is InChI=1S/C13H14Cl2FNO/c1-12(8-13(12,14)15)11(18)17-7-6-9-2-4-10(16)5-3-9/h2-5H,6-8H2,1H3,(H,17,18)/t12-/m0/s1. The summed E-state index contributed by atoms with van der Waals surface area (Å²) in [4.78, 5) is 11.8. The summed E-state index contributed by atoms with van der Waals surface area (Å²) in [7, 11) is 0. The predicted octanol–water partition coefficient (Wildman–Crippen LogP) is 3.07. The van der Waals surface area contributed by atoms with Gasteiger partial charge in [0.2, 0.25) is 5.91 Å². The fraction of sp³-hybridized carbons (Fsp3) is 0.462. The van der Waals surface area contributed by atoms with Crippen molar-refractivity contribution in [2.75, 3.05) is 6.54 Å². The molecule has 18 heavy (non-hydrogen) atoms. The Kier molecular flexibility index (Phi) is 3.56. The molecule has 1 aromatic carbocycles. The number of rotatable bonds is 4. The minimum Gasteiger partial charge on any atom is -0.355 e. The van der Waals surface area contributed by atoms with Crippen LogP contribution in [0.25, 0.3) is 0 Å². The van der Waals surface area contributed by atoms with Gasteiger partial charge < -0.3 is 5.32 Å². The highest BCUT2D eigenvalue weighted by Crippen LogP contribution is 2.63. The van der Waals surface area contributed by atoms with Crippen LogP contribution in [-0.2, 0) is 11.2 Å². The first kappa shape index (κ1) is 13.6.